The smallest absolute Gasteiger partial charge is 0.123 e. The molecule has 0 aliphatic heterocycles. The number of hydrogen-bond donors (Lipinski definition) is 1. The van der Waals surface area contributed by atoms with Crippen molar-refractivity contribution >= 4 is 17.3 Å². The molecule has 0 aliphatic carbocycles. The molecular formula is C17H20ClFN2. The molecule has 0 radical (unpaired) electrons. The monoisotopic (exact) mass is 306 g/mol. The Morgan fingerprint density at radius 2 is 1.81 bits per heavy atom. The molecule has 2 N–H and O–H groups in total. The van der Waals surface area contributed by atoms with E-state index in [0.29, 0.717) is 5.02 Å². The summed E-state index contributed by atoms with van der Waals surface area (Å²) < 4.78 is 13.0. The number of nitrogens with zero attached hydrogens (tertiary/aromatic N) is 1. The number of rotatable bonds is 6. The molecule has 2 aromatic carbocycles. The molecule has 0 amide bonds. The van der Waals surface area contributed by atoms with Gasteiger partial charge in [0.1, 0.15) is 5.82 Å². The van der Waals surface area contributed by atoms with Gasteiger partial charge in [0.2, 0.25) is 0 Å². The van der Waals surface area contributed by atoms with Gasteiger partial charge in [0, 0.05) is 29.8 Å². The Morgan fingerprint density at radius 1 is 1.14 bits per heavy atom. The lowest BCUT2D eigenvalue weighted by molar-refractivity contribution is 0.622. The molecule has 0 saturated heterocycles. The molecule has 2 rings (SSSR count). The van der Waals surface area contributed by atoms with E-state index in [4.69, 9.17) is 17.3 Å². The van der Waals surface area contributed by atoms with E-state index in [1.54, 1.807) is 12.1 Å². The van der Waals surface area contributed by atoms with Gasteiger partial charge in [-0.2, -0.15) is 0 Å². The van der Waals surface area contributed by atoms with Gasteiger partial charge < -0.3 is 10.6 Å². The molecule has 0 aliphatic rings. The molecule has 0 heterocycles. The zero-order valence-corrected chi connectivity index (χ0v) is 12.9. The van der Waals surface area contributed by atoms with Crippen molar-refractivity contribution in [3.63, 3.8) is 0 Å². The summed E-state index contributed by atoms with van der Waals surface area (Å²) in [4.78, 5) is 2.18. The second-order valence-electron chi connectivity index (χ2n) is 4.97. The highest BCUT2D eigenvalue weighted by molar-refractivity contribution is 6.31. The molecule has 0 fully saturated rings. The Bertz CT molecular complexity index is 571. The van der Waals surface area contributed by atoms with Crippen LogP contribution in [0.15, 0.2) is 48.5 Å². The zero-order valence-electron chi connectivity index (χ0n) is 12.1. The summed E-state index contributed by atoms with van der Waals surface area (Å²) in [7, 11) is 0. The van der Waals surface area contributed by atoms with Crippen LogP contribution in [0, 0.1) is 5.82 Å². The van der Waals surface area contributed by atoms with Gasteiger partial charge in [0.25, 0.3) is 0 Å². The summed E-state index contributed by atoms with van der Waals surface area (Å²) >= 11 is 6.17. The summed E-state index contributed by atoms with van der Waals surface area (Å²) in [6, 6.07) is 14.1. The molecule has 2 nitrogen and oxygen atoms in total. The number of anilines is 1. The minimum absolute atomic E-state index is 0.104. The van der Waals surface area contributed by atoms with E-state index in [0.717, 1.165) is 30.8 Å². The molecule has 2 aromatic rings. The van der Waals surface area contributed by atoms with Gasteiger partial charge in [0.05, 0.1) is 0 Å². The Kier molecular flexibility index (Phi) is 5.59. The normalized spacial score (nSPS) is 12.2. The third-order valence-corrected chi connectivity index (χ3v) is 3.93. The fraction of sp³-hybridized carbons (Fsp3) is 0.294. The summed E-state index contributed by atoms with van der Waals surface area (Å²) in [5, 5.41) is 0.704. The van der Waals surface area contributed by atoms with Crippen molar-refractivity contribution in [3.8, 4) is 0 Å². The van der Waals surface area contributed by atoms with Gasteiger partial charge in [-0.25, -0.2) is 4.39 Å². The third kappa shape index (κ3) is 4.19. The first-order chi connectivity index (χ1) is 10.1. The first-order valence-electron chi connectivity index (χ1n) is 7.12. The van der Waals surface area contributed by atoms with E-state index in [1.807, 2.05) is 24.3 Å². The fourth-order valence-corrected chi connectivity index (χ4v) is 2.62. The van der Waals surface area contributed by atoms with Crippen molar-refractivity contribution in [2.45, 2.75) is 19.4 Å². The first kappa shape index (κ1) is 15.8. The molecule has 112 valence electrons. The van der Waals surface area contributed by atoms with Crippen LogP contribution in [0.25, 0.3) is 0 Å². The maximum Gasteiger partial charge on any atom is 0.123 e. The number of hydrogen-bond acceptors (Lipinski definition) is 2. The van der Waals surface area contributed by atoms with Crippen LogP contribution in [-0.2, 0) is 0 Å². The average Bonchev–Trinajstić information content (AvgIpc) is 2.49. The predicted octanol–water partition coefficient (Wildman–Crippen LogP) is 4.40. The minimum Gasteiger partial charge on any atom is -0.372 e. The Labute approximate surface area is 130 Å². The van der Waals surface area contributed by atoms with Gasteiger partial charge in [-0.1, -0.05) is 29.8 Å². The lowest BCUT2D eigenvalue weighted by atomic mass is 10.0. The molecular weight excluding hydrogens is 287 g/mol. The average molecular weight is 307 g/mol. The Balaban J connectivity index is 2.00. The highest BCUT2D eigenvalue weighted by Gasteiger charge is 2.12. The van der Waals surface area contributed by atoms with Crippen molar-refractivity contribution in [2.24, 2.45) is 5.73 Å². The van der Waals surface area contributed by atoms with Gasteiger partial charge in [-0.3, -0.25) is 0 Å². The maximum atomic E-state index is 13.0. The van der Waals surface area contributed by atoms with E-state index in [9.17, 15) is 4.39 Å². The highest BCUT2D eigenvalue weighted by Crippen LogP contribution is 2.24. The van der Waals surface area contributed by atoms with E-state index in [1.165, 1.54) is 12.1 Å². The van der Waals surface area contributed by atoms with Crippen molar-refractivity contribution in [2.75, 3.05) is 18.0 Å². The quantitative estimate of drug-likeness (QED) is 0.857. The Hall–Kier alpha value is -1.58. The lowest BCUT2D eigenvalue weighted by Gasteiger charge is -2.25. The first-order valence-corrected chi connectivity index (χ1v) is 7.50. The van der Waals surface area contributed by atoms with Crippen LogP contribution in [0.3, 0.4) is 0 Å². The molecule has 0 aromatic heterocycles. The van der Waals surface area contributed by atoms with Gasteiger partial charge in [0.15, 0.2) is 0 Å². The van der Waals surface area contributed by atoms with Gasteiger partial charge >= 0.3 is 0 Å². The minimum atomic E-state index is -0.220. The molecule has 0 bridgehead atoms. The van der Waals surface area contributed by atoms with Crippen LogP contribution in [0.1, 0.15) is 24.9 Å². The third-order valence-electron chi connectivity index (χ3n) is 3.59. The van der Waals surface area contributed by atoms with Crippen LogP contribution in [-0.4, -0.2) is 13.1 Å². The molecule has 4 heteroatoms. The predicted molar refractivity (Wildman–Crippen MR) is 87.3 cm³/mol. The summed E-state index contributed by atoms with van der Waals surface area (Å²) in [6.45, 7) is 3.72. The second kappa shape index (κ2) is 7.43. The SMILES string of the molecule is CCN(CCC(N)c1ccccc1Cl)c1ccc(F)cc1. The molecule has 0 saturated carbocycles. The molecule has 1 atom stereocenters. The molecule has 21 heavy (non-hydrogen) atoms. The molecule has 0 spiro atoms. The van der Waals surface area contributed by atoms with Gasteiger partial charge in [-0.15, -0.1) is 0 Å². The van der Waals surface area contributed by atoms with Crippen molar-refractivity contribution in [1.29, 1.82) is 0 Å². The summed E-state index contributed by atoms with van der Waals surface area (Å²) in [6.07, 6.45) is 0.787. The zero-order chi connectivity index (χ0) is 15.2. The van der Waals surface area contributed by atoms with Crippen LogP contribution < -0.4 is 10.6 Å². The largest absolute Gasteiger partial charge is 0.372 e. The van der Waals surface area contributed by atoms with E-state index in [-0.39, 0.29) is 11.9 Å². The number of benzene rings is 2. The standard InChI is InChI=1S/C17H20ClFN2/c1-2-21(14-9-7-13(19)8-10-14)12-11-17(20)15-5-3-4-6-16(15)18/h3-10,17H,2,11-12,20H2,1H3. The van der Waals surface area contributed by atoms with Crippen LogP contribution in [0.2, 0.25) is 5.02 Å². The van der Waals surface area contributed by atoms with Crippen LogP contribution >= 0.6 is 11.6 Å². The number of nitrogens with two attached hydrogens (primary N) is 1. The Morgan fingerprint density at radius 3 is 2.43 bits per heavy atom. The van der Waals surface area contributed by atoms with Gasteiger partial charge in [-0.05, 0) is 49.2 Å². The lowest BCUT2D eigenvalue weighted by Crippen LogP contribution is -2.27. The number of halogens is 2. The van der Waals surface area contributed by atoms with Crippen LogP contribution in [0.4, 0.5) is 10.1 Å². The summed E-state index contributed by atoms with van der Waals surface area (Å²) in [5.74, 6) is -0.220. The highest BCUT2D eigenvalue weighted by atomic mass is 35.5. The maximum absolute atomic E-state index is 13.0. The fourth-order valence-electron chi connectivity index (χ4n) is 2.35. The van der Waals surface area contributed by atoms with Crippen LogP contribution in [0.5, 0.6) is 0 Å². The molecule has 1 unspecified atom stereocenters. The topological polar surface area (TPSA) is 29.3 Å². The van der Waals surface area contributed by atoms with Crippen molar-refractivity contribution < 1.29 is 4.39 Å². The second-order valence-corrected chi connectivity index (χ2v) is 5.38. The van der Waals surface area contributed by atoms with E-state index in [2.05, 4.69) is 11.8 Å². The van der Waals surface area contributed by atoms with Crippen molar-refractivity contribution in [1.82, 2.24) is 0 Å². The van der Waals surface area contributed by atoms with E-state index >= 15 is 0 Å². The summed E-state index contributed by atoms with van der Waals surface area (Å²) in [5.41, 5.74) is 8.20. The van der Waals surface area contributed by atoms with Crippen molar-refractivity contribution in [3.05, 3.63) is 64.9 Å². The van der Waals surface area contributed by atoms with E-state index < -0.39 is 0 Å².